The molecule has 20 heavy (non-hydrogen) atoms. The van der Waals surface area contributed by atoms with Gasteiger partial charge in [-0.1, -0.05) is 22.0 Å². The molecular formula is C13H14BrF3O2S. The molecule has 0 radical (unpaired) electrons. The highest BCUT2D eigenvalue weighted by Crippen LogP contribution is 2.39. The Morgan fingerprint density at radius 1 is 1.40 bits per heavy atom. The van der Waals surface area contributed by atoms with Crippen LogP contribution in [0.1, 0.15) is 29.3 Å². The lowest BCUT2D eigenvalue weighted by molar-refractivity contribution is -0.0328. The number of alkyl halides is 4. The number of hydrogen-bond donors (Lipinski definition) is 0. The lowest BCUT2D eigenvalue weighted by Gasteiger charge is -2.12. The van der Waals surface area contributed by atoms with Gasteiger partial charge in [-0.25, -0.2) is 4.79 Å². The summed E-state index contributed by atoms with van der Waals surface area (Å²) in [6.07, 6.45) is 1.25. The van der Waals surface area contributed by atoms with Crippen molar-refractivity contribution in [1.29, 1.82) is 0 Å². The summed E-state index contributed by atoms with van der Waals surface area (Å²) in [7, 11) is 0. The number of benzene rings is 1. The molecule has 112 valence electrons. The van der Waals surface area contributed by atoms with Crippen molar-refractivity contribution in [2.45, 2.75) is 30.2 Å². The number of carbonyl (C=O) groups excluding carboxylic acids is 1. The topological polar surface area (TPSA) is 26.3 Å². The third-order valence-corrected chi connectivity index (χ3v) is 3.78. The molecule has 2 nitrogen and oxygen atoms in total. The first-order valence-electron chi connectivity index (χ1n) is 5.99. The number of esters is 1. The lowest BCUT2D eigenvalue weighted by Crippen LogP contribution is -2.07. The van der Waals surface area contributed by atoms with E-state index in [1.54, 1.807) is 13.0 Å². The van der Waals surface area contributed by atoms with Crippen LogP contribution in [0.25, 0.3) is 0 Å². The molecule has 0 aromatic heterocycles. The molecule has 0 heterocycles. The van der Waals surface area contributed by atoms with Gasteiger partial charge in [0.1, 0.15) is 0 Å². The van der Waals surface area contributed by atoms with Crippen molar-refractivity contribution in [2.24, 2.45) is 0 Å². The Balaban J connectivity index is 3.04. The monoisotopic (exact) mass is 370 g/mol. The van der Waals surface area contributed by atoms with Crippen molar-refractivity contribution in [3.63, 3.8) is 0 Å². The third-order valence-electron chi connectivity index (χ3n) is 2.38. The van der Waals surface area contributed by atoms with E-state index >= 15 is 0 Å². The van der Waals surface area contributed by atoms with Gasteiger partial charge >= 0.3 is 11.5 Å². The number of hydrogen-bond acceptors (Lipinski definition) is 3. The van der Waals surface area contributed by atoms with E-state index in [9.17, 15) is 18.0 Å². The van der Waals surface area contributed by atoms with Crippen molar-refractivity contribution in [2.75, 3.05) is 11.9 Å². The number of rotatable bonds is 6. The van der Waals surface area contributed by atoms with E-state index in [1.807, 2.05) is 0 Å². The van der Waals surface area contributed by atoms with E-state index in [0.29, 0.717) is 17.3 Å². The van der Waals surface area contributed by atoms with Gasteiger partial charge in [0, 0.05) is 10.2 Å². The summed E-state index contributed by atoms with van der Waals surface area (Å²) in [5, 5.41) is 0.711. The molecule has 0 bridgehead atoms. The van der Waals surface area contributed by atoms with E-state index in [0.717, 1.165) is 6.42 Å². The molecular weight excluding hydrogens is 357 g/mol. The molecule has 0 unspecified atom stereocenters. The van der Waals surface area contributed by atoms with Crippen LogP contribution in [0, 0.1) is 0 Å². The van der Waals surface area contributed by atoms with Crippen LogP contribution in [0.2, 0.25) is 0 Å². The van der Waals surface area contributed by atoms with Crippen molar-refractivity contribution >= 4 is 33.7 Å². The summed E-state index contributed by atoms with van der Waals surface area (Å²) in [6.45, 7) is 1.83. The molecule has 0 atom stereocenters. The van der Waals surface area contributed by atoms with Gasteiger partial charge in [0.15, 0.2) is 0 Å². The van der Waals surface area contributed by atoms with E-state index in [4.69, 9.17) is 4.74 Å². The number of thioether (sulfide) groups is 1. The highest BCUT2D eigenvalue weighted by Gasteiger charge is 2.30. The number of aryl methyl sites for hydroxylation is 1. The molecule has 0 saturated heterocycles. The molecule has 0 N–H and O–H groups in total. The molecule has 7 heteroatoms. The first-order chi connectivity index (χ1) is 9.37. The molecule has 1 rings (SSSR count). The van der Waals surface area contributed by atoms with Crippen LogP contribution >= 0.6 is 27.7 Å². The van der Waals surface area contributed by atoms with E-state index < -0.39 is 11.5 Å². The minimum atomic E-state index is -4.38. The average molecular weight is 371 g/mol. The standard InChI is InChI=1S/C13H14BrF3O2S/c1-2-19-12(18)10-6-5-9(4-3-7-14)11(8-10)20-13(15,16)17/h5-6,8H,2-4,7H2,1H3. The maximum atomic E-state index is 12.6. The molecule has 0 saturated carbocycles. The van der Waals surface area contributed by atoms with Gasteiger partial charge < -0.3 is 4.74 Å². The van der Waals surface area contributed by atoms with E-state index in [2.05, 4.69) is 15.9 Å². The first-order valence-corrected chi connectivity index (χ1v) is 7.93. The predicted molar refractivity (Wildman–Crippen MR) is 76.4 cm³/mol. The predicted octanol–water partition coefficient (Wildman–Crippen LogP) is 4.80. The van der Waals surface area contributed by atoms with Crippen LogP contribution in [-0.2, 0) is 11.2 Å². The third kappa shape index (κ3) is 5.75. The maximum Gasteiger partial charge on any atom is 0.446 e. The van der Waals surface area contributed by atoms with Gasteiger partial charge in [-0.05, 0) is 49.2 Å². The largest absolute Gasteiger partial charge is 0.462 e. The summed E-state index contributed by atoms with van der Waals surface area (Å²) >= 11 is 3.05. The molecule has 0 aliphatic heterocycles. The van der Waals surface area contributed by atoms with Gasteiger partial charge in [-0.3, -0.25) is 0 Å². The SMILES string of the molecule is CCOC(=O)c1ccc(CCCBr)c(SC(F)(F)F)c1. The van der Waals surface area contributed by atoms with Gasteiger partial charge in [-0.2, -0.15) is 13.2 Å². The van der Waals surface area contributed by atoms with Crippen molar-refractivity contribution < 1.29 is 22.7 Å². The van der Waals surface area contributed by atoms with Crippen LogP contribution < -0.4 is 0 Å². The van der Waals surface area contributed by atoms with Crippen molar-refractivity contribution in [3.05, 3.63) is 29.3 Å². The Hall–Kier alpha value is -0.690. The van der Waals surface area contributed by atoms with Crippen molar-refractivity contribution in [3.8, 4) is 0 Å². The molecule has 1 aromatic carbocycles. The minimum absolute atomic E-state index is 0.0593. The Morgan fingerprint density at radius 2 is 2.10 bits per heavy atom. The lowest BCUT2D eigenvalue weighted by atomic mass is 10.1. The first kappa shape index (κ1) is 17.4. The second-order valence-corrected chi connectivity index (χ2v) is 5.78. The van der Waals surface area contributed by atoms with Gasteiger partial charge in [0.25, 0.3) is 0 Å². The average Bonchev–Trinajstić information content (AvgIpc) is 2.35. The van der Waals surface area contributed by atoms with Crippen LogP contribution in [-0.4, -0.2) is 23.4 Å². The zero-order valence-electron chi connectivity index (χ0n) is 10.8. The highest BCUT2D eigenvalue weighted by atomic mass is 79.9. The molecule has 0 aliphatic carbocycles. The quantitative estimate of drug-likeness (QED) is 0.408. The van der Waals surface area contributed by atoms with E-state index in [-0.39, 0.29) is 28.8 Å². The fraction of sp³-hybridized carbons (Fsp3) is 0.462. The molecule has 0 amide bonds. The fourth-order valence-electron chi connectivity index (χ4n) is 1.58. The van der Waals surface area contributed by atoms with Gasteiger partial charge in [-0.15, -0.1) is 0 Å². The zero-order chi connectivity index (χ0) is 15.2. The molecule has 1 aromatic rings. The van der Waals surface area contributed by atoms with Crippen LogP contribution in [0.4, 0.5) is 13.2 Å². The zero-order valence-corrected chi connectivity index (χ0v) is 13.2. The fourth-order valence-corrected chi connectivity index (χ4v) is 2.60. The normalized spacial score (nSPS) is 11.4. The highest BCUT2D eigenvalue weighted by molar-refractivity contribution is 9.09. The van der Waals surface area contributed by atoms with Gasteiger partial charge in [0.2, 0.25) is 0 Å². The Kier molecular flexibility index (Phi) is 6.88. The summed E-state index contributed by atoms with van der Waals surface area (Å²) in [5.74, 6) is -0.608. The Morgan fingerprint density at radius 3 is 2.65 bits per heavy atom. The van der Waals surface area contributed by atoms with Gasteiger partial charge in [0.05, 0.1) is 12.2 Å². The van der Waals surface area contributed by atoms with Crippen LogP contribution in [0.3, 0.4) is 0 Å². The summed E-state index contributed by atoms with van der Waals surface area (Å²) in [6, 6.07) is 4.31. The molecule has 0 spiro atoms. The molecule has 0 aliphatic rings. The smallest absolute Gasteiger partial charge is 0.446 e. The summed E-state index contributed by atoms with van der Waals surface area (Å²) < 4.78 is 42.5. The second kappa shape index (κ2) is 7.93. The summed E-state index contributed by atoms with van der Waals surface area (Å²) in [5.41, 5.74) is -3.66. The maximum absolute atomic E-state index is 12.6. The number of ether oxygens (including phenoxy) is 1. The van der Waals surface area contributed by atoms with Crippen LogP contribution in [0.15, 0.2) is 23.1 Å². The Bertz CT molecular complexity index is 463. The Labute approximate surface area is 128 Å². The van der Waals surface area contributed by atoms with Crippen molar-refractivity contribution in [1.82, 2.24) is 0 Å². The number of halogens is 4. The second-order valence-electron chi connectivity index (χ2n) is 3.88. The van der Waals surface area contributed by atoms with Crippen LogP contribution in [0.5, 0.6) is 0 Å². The molecule has 0 fully saturated rings. The minimum Gasteiger partial charge on any atom is -0.462 e. The number of carbonyl (C=O) groups is 1. The van der Waals surface area contributed by atoms with E-state index in [1.165, 1.54) is 12.1 Å². The summed E-state index contributed by atoms with van der Waals surface area (Å²) in [4.78, 5) is 11.6.